The third kappa shape index (κ3) is 8.04. The van der Waals surface area contributed by atoms with E-state index in [4.69, 9.17) is 4.74 Å². The van der Waals surface area contributed by atoms with Crippen LogP contribution < -0.4 is 4.74 Å². The normalized spacial score (nSPS) is 11.2. The number of hydrogen-bond acceptors (Lipinski definition) is 1. The van der Waals surface area contributed by atoms with Gasteiger partial charge < -0.3 is 4.74 Å². The van der Waals surface area contributed by atoms with Gasteiger partial charge in [0.25, 0.3) is 0 Å². The average molecular weight is 274 g/mol. The van der Waals surface area contributed by atoms with E-state index in [1.54, 1.807) is 0 Å². The van der Waals surface area contributed by atoms with Crippen molar-refractivity contribution in [2.24, 2.45) is 0 Å². The van der Waals surface area contributed by atoms with E-state index in [2.05, 4.69) is 51.1 Å². The van der Waals surface area contributed by atoms with E-state index in [0.717, 1.165) is 5.75 Å². The zero-order valence-corrected chi connectivity index (χ0v) is 13.5. The van der Waals surface area contributed by atoms with E-state index in [9.17, 15) is 0 Å². The lowest BCUT2D eigenvalue weighted by molar-refractivity contribution is 0.362. The molecule has 1 aromatic rings. The van der Waals surface area contributed by atoms with Gasteiger partial charge in [0, 0.05) is 0 Å². The van der Waals surface area contributed by atoms with Crippen molar-refractivity contribution in [1.82, 2.24) is 0 Å². The van der Waals surface area contributed by atoms with E-state index >= 15 is 0 Å². The number of rotatable bonds is 10. The molecule has 0 heterocycles. The molecule has 0 aliphatic heterocycles. The van der Waals surface area contributed by atoms with Crippen molar-refractivity contribution in [2.45, 2.75) is 65.7 Å². The molecule has 0 aromatic heterocycles. The van der Waals surface area contributed by atoms with E-state index in [0.29, 0.717) is 6.61 Å². The highest BCUT2D eigenvalue weighted by molar-refractivity contribution is 5.33. The molecule has 0 amide bonds. The highest BCUT2D eigenvalue weighted by Gasteiger charge is 1.95. The molecule has 0 aliphatic carbocycles. The van der Waals surface area contributed by atoms with Gasteiger partial charge in [0.1, 0.15) is 12.4 Å². The van der Waals surface area contributed by atoms with E-state index in [-0.39, 0.29) is 0 Å². The predicted octanol–water partition coefficient (Wildman–Crippen LogP) is 5.99. The van der Waals surface area contributed by atoms with Gasteiger partial charge >= 0.3 is 0 Å². The summed E-state index contributed by atoms with van der Waals surface area (Å²) in [6.07, 6.45) is 13.8. The third-order valence-electron chi connectivity index (χ3n) is 3.43. The molecular weight excluding hydrogens is 244 g/mol. The Morgan fingerprint density at radius 3 is 2.20 bits per heavy atom. The average Bonchev–Trinajstić information content (AvgIpc) is 2.40. The Bertz CT molecular complexity index is 373. The zero-order chi connectivity index (χ0) is 14.6. The number of aryl methyl sites for hydroxylation is 2. The van der Waals surface area contributed by atoms with Crippen LogP contribution in [-0.4, -0.2) is 6.61 Å². The summed E-state index contributed by atoms with van der Waals surface area (Å²) in [7, 11) is 0. The smallest absolute Gasteiger partial charge is 0.120 e. The minimum absolute atomic E-state index is 0.679. The lowest BCUT2D eigenvalue weighted by Crippen LogP contribution is -1.94. The molecule has 0 fully saturated rings. The number of allylic oxidation sites excluding steroid dienone is 1. The molecular formula is C19H30O. The molecule has 0 saturated carbocycles. The summed E-state index contributed by atoms with van der Waals surface area (Å²) < 4.78 is 5.74. The molecule has 20 heavy (non-hydrogen) atoms. The Balaban J connectivity index is 2.07. The van der Waals surface area contributed by atoms with Crippen molar-refractivity contribution >= 4 is 0 Å². The molecule has 1 heteroatoms. The van der Waals surface area contributed by atoms with Crippen LogP contribution in [0.1, 0.15) is 63.0 Å². The second kappa shape index (κ2) is 10.5. The monoisotopic (exact) mass is 274 g/mol. The summed E-state index contributed by atoms with van der Waals surface area (Å²) in [5, 5.41) is 0. The maximum Gasteiger partial charge on any atom is 0.120 e. The molecule has 112 valence electrons. The molecule has 0 radical (unpaired) electrons. The Labute approximate surface area is 125 Å². The van der Waals surface area contributed by atoms with Crippen molar-refractivity contribution in [2.75, 3.05) is 6.61 Å². The summed E-state index contributed by atoms with van der Waals surface area (Å²) in [5.74, 6) is 0.978. The predicted molar refractivity (Wildman–Crippen MR) is 88.5 cm³/mol. The first-order valence-corrected chi connectivity index (χ1v) is 8.08. The van der Waals surface area contributed by atoms with Gasteiger partial charge in [-0.1, -0.05) is 57.2 Å². The Morgan fingerprint density at radius 2 is 1.50 bits per heavy atom. The topological polar surface area (TPSA) is 9.23 Å². The maximum absolute atomic E-state index is 5.74. The van der Waals surface area contributed by atoms with Crippen LogP contribution in [0, 0.1) is 13.8 Å². The fraction of sp³-hybridized carbons (Fsp3) is 0.579. The van der Waals surface area contributed by atoms with Crippen LogP contribution in [0.5, 0.6) is 5.75 Å². The van der Waals surface area contributed by atoms with Crippen molar-refractivity contribution < 1.29 is 4.74 Å². The van der Waals surface area contributed by atoms with Crippen molar-refractivity contribution in [3.63, 3.8) is 0 Å². The van der Waals surface area contributed by atoms with Crippen LogP contribution in [0.15, 0.2) is 30.4 Å². The van der Waals surface area contributed by atoms with Crippen LogP contribution in [-0.2, 0) is 0 Å². The van der Waals surface area contributed by atoms with Crippen molar-refractivity contribution in [1.29, 1.82) is 0 Å². The Hall–Kier alpha value is -1.24. The molecule has 0 N–H and O–H groups in total. The van der Waals surface area contributed by atoms with E-state index in [1.165, 1.54) is 56.1 Å². The molecule has 0 bridgehead atoms. The van der Waals surface area contributed by atoms with Gasteiger partial charge in [-0.15, -0.1) is 0 Å². The molecule has 1 aromatic carbocycles. The number of ether oxygens (including phenoxy) is 1. The minimum atomic E-state index is 0.679. The number of benzene rings is 1. The van der Waals surface area contributed by atoms with Gasteiger partial charge in [-0.25, -0.2) is 0 Å². The van der Waals surface area contributed by atoms with Gasteiger partial charge in [0.05, 0.1) is 0 Å². The fourth-order valence-corrected chi connectivity index (χ4v) is 2.39. The summed E-state index contributed by atoms with van der Waals surface area (Å²) in [4.78, 5) is 0. The molecule has 0 atom stereocenters. The fourth-order valence-electron chi connectivity index (χ4n) is 2.39. The highest BCUT2D eigenvalue weighted by Crippen LogP contribution is 2.16. The first-order valence-electron chi connectivity index (χ1n) is 8.08. The van der Waals surface area contributed by atoms with Gasteiger partial charge in [-0.05, 0) is 49.9 Å². The van der Waals surface area contributed by atoms with Crippen molar-refractivity contribution in [3.8, 4) is 5.75 Å². The zero-order valence-electron chi connectivity index (χ0n) is 13.5. The van der Waals surface area contributed by atoms with Gasteiger partial charge in [-0.2, -0.15) is 0 Å². The van der Waals surface area contributed by atoms with Gasteiger partial charge in [-0.3, -0.25) is 0 Å². The van der Waals surface area contributed by atoms with Crippen LogP contribution >= 0.6 is 0 Å². The summed E-state index contributed by atoms with van der Waals surface area (Å²) in [5.41, 5.74) is 2.52. The maximum atomic E-state index is 5.74. The quantitative estimate of drug-likeness (QED) is 0.376. The second-order valence-corrected chi connectivity index (χ2v) is 5.66. The lowest BCUT2D eigenvalue weighted by atomic mass is 10.1. The first kappa shape index (κ1) is 16.8. The van der Waals surface area contributed by atoms with Gasteiger partial charge in [0.15, 0.2) is 0 Å². The number of hydrogen-bond donors (Lipinski definition) is 0. The van der Waals surface area contributed by atoms with Crippen LogP contribution in [0.2, 0.25) is 0 Å². The lowest BCUT2D eigenvalue weighted by Gasteiger charge is -2.05. The second-order valence-electron chi connectivity index (χ2n) is 5.66. The standard InChI is InChI=1S/C19H30O/c1-4-5-6-7-8-9-10-11-12-13-20-19-15-17(2)14-18(3)16-19/h11-12,14-16H,4-10,13H2,1-3H3. The van der Waals surface area contributed by atoms with Crippen LogP contribution in [0.3, 0.4) is 0 Å². The summed E-state index contributed by atoms with van der Waals surface area (Å²) in [6, 6.07) is 6.35. The molecule has 0 aliphatic rings. The molecule has 1 rings (SSSR count). The first-order chi connectivity index (χ1) is 9.72. The van der Waals surface area contributed by atoms with E-state index < -0.39 is 0 Å². The van der Waals surface area contributed by atoms with E-state index in [1.807, 2.05) is 0 Å². The molecule has 0 unspecified atom stereocenters. The highest BCUT2D eigenvalue weighted by atomic mass is 16.5. The molecule has 0 spiro atoms. The summed E-state index contributed by atoms with van der Waals surface area (Å²) >= 11 is 0. The van der Waals surface area contributed by atoms with Crippen molar-refractivity contribution in [3.05, 3.63) is 41.5 Å². The van der Waals surface area contributed by atoms with Crippen LogP contribution in [0.4, 0.5) is 0 Å². The Kier molecular flexibility index (Phi) is 8.86. The van der Waals surface area contributed by atoms with Gasteiger partial charge in [0.2, 0.25) is 0 Å². The third-order valence-corrected chi connectivity index (χ3v) is 3.43. The minimum Gasteiger partial charge on any atom is -0.490 e. The SMILES string of the molecule is CCCCCCCCC=CCOc1cc(C)cc(C)c1. The molecule has 0 saturated heterocycles. The Morgan fingerprint density at radius 1 is 0.850 bits per heavy atom. The van der Waals surface area contributed by atoms with Crippen LogP contribution in [0.25, 0.3) is 0 Å². The summed E-state index contributed by atoms with van der Waals surface area (Å²) in [6.45, 7) is 7.15. The molecule has 1 nitrogen and oxygen atoms in total. The number of unbranched alkanes of at least 4 members (excludes halogenated alkanes) is 6. The largest absolute Gasteiger partial charge is 0.490 e.